The van der Waals surface area contributed by atoms with Gasteiger partial charge in [0.15, 0.2) is 0 Å². The fourth-order valence-corrected chi connectivity index (χ4v) is 0.966. The average molecular weight is 162 g/mol. The summed E-state index contributed by atoms with van der Waals surface area (Å²) in [6.07, 6.45) is 0.750. The van der Waals surface area contributed by atoms with Gasteiger partial charge in [-0.2, -0.15) is 5.26 Å². The van der Waals surface area contributed by atoms with Gasteiger partial charge < -0.3 is 4.74 Å². The van der Waals surface area contributed by atoms with Crippen molar-refractivity contribution in [2.24, 2.45) is 0 Å². The van der Waals surface area contributed by atoms with Crippen molar-refractivity contribution in [3.8, 4) is 11.9 Å². The maximum Gasteiger partial charge on any atom is 0.213 e. The smallest absolute Gasteiger partial charge is 0.213 e. The van der Waals surface area contributed by atoms with Crippen molar-refractivity contribution in [3.63, 3.8) is 0 Å². The van der Waals surface area contributed by atoms with Crippen LogP contribution in [0.5, 0.6) is 5.88 Å². The molecule has 1 aromatic heterocycles. The normalized spacial score (nSPS) is 9.08. The second-order valence-corrected chi connectivity index (χ2v) is 2.31. The summed E-state index contributed by atoms with van der Waals surface area (Å²) in [5, 5.41) is 8.68. The highest BCUT2D eigenvalue weighted by Gasteiger charge is 2.02. The summed E-state index contributed by atoms with van der Waals surface area (Å²) < 4.78 is 4.94. The van der Waals surface area contributed by atoms with Gasteiger partial charge in [0.1, 0.15) is 6.07 Å². The zero-order chi connectivity index (χ0) is 8.97. The van der Waals surface area contributed by atoms with Crippen molar-refractivity contribution in [3.05, 3.63) is 23.4 Å². The van der Waals surface area contributed by atoms with Crippen LogP contribution in [-0.4, -0.2) is 12.1 Å². The molecule has 0 aliphatic carbocycles. The number of nitriles is 1. The van der Waals surface area contributed by atoms with E-state index in [1.165, 1.54) is 0 Å². The van der Waals surface area contributed by atoms with E-state index < -0.39 is 0 Å². The first-order valence-electron chi connectivity index (χ1n) is 3.75. The first kappa shape index (κ1) is 8.54. The Morgan fingerprint density at radius 3 is 2.83 bits per heavy atom. The number of nitrogens with zero attached hydrogens (tertiary/aromatic N) is 2. The molecule has 0 bridgehead atoms. The van der Waals surface area contributed by atoms with Gasteiger partial charge in [-0.15, -0.1) is 0 Å². The van der Waals surface area contributed by atoms with Crippen LogP contribution in [0.4, 0.5) is 0 Å². The Morgan fingerprint density at radius 2 is 2.33 bits per heavy atom. The molecule has 0 spiro atoms. The third-order valence-electron chi connectivity index (χ3n) is 1.61. The van der Waals surface area contributed by atoms with Gasteiger partial charge in [0, 0.05) is 6.07 Å². The lowest BCUT2D eigenvalue weighted by atomic mass is 10.2. The van der Waals surface area contributed by atoms with Crippen LogP contribution in [0.1, 0.15) is 18.2 Å². The zero-order valence-corrected chi connectivity index (χ0v) is 7.16. The Morgan fingerprint density at radius 1 is 1.58 bits per heavy atom. The van der Waals surface area contributed by atoms with Crippen LogP contribution in [0.2, 0.25) is 0 Å². The third kappa shape index (κ3) is 1.54. The van der Waals surface area contributed by atoms with Gasteiger partial charge in [0.05, 0.1) is 18.4 Å². The van der Waals surface area contributed by atoms with Crippen molar-refractivity contribution in [1.82, 2.24) is 4.98 Å². The first-order chi connectivity index (χ1) is 5.81. The van der Waals surface area contributed by atoms with E-state index in [1.807, 2.05) is 6.92 Å². The molecule has 0 atom stereocenters. The predicted molar refractivity (Wildman–Crippen MR) is 44.9 cm³/mol. The lowest BCUT2D eigenvalue weighted by molar-refractivity contribution is 0.396. The number of pyridine rings is 1. The van der Waals surface area contributed by atoms with Crippen LogP contribution in [0, 0.1) is 11.3 Å². The molecule has 3 nitrogen and oxygen atoms in total. The van der Waals surface area contributed by atoms with Gasteiger partial charge >= 0.3 is 0 Å². The highest BCUT2D eigenvalue weighted by atomic mass is 16.5. The van der Waals surface area contributed by atoms with Crippen LogP contribution in [0.3, 0.4) is 0 Å². The van der Waals surface area contributed by atoms with Gasteiger partial charge in [-0.05, 0) is 12.5 Å². The van der Waals surface area contributed by atoms with E-state index in [9.17, 15) is 0 Å². The zero-order valence-electron chi connectivity index (χ0n) is 7.16. The summed E-state index contributed by atoms with van der Waals surface area (Å²) in [6, 6.07) is 5.50. The molecule has 1 rings (SSSR count). The first-order valence-corrected chi connectivity index (χ1v) is 3.75. The number of hydrogen-bond acceptors (Lipinski definition) is 3. The molecule has 0 N–H and O–H groups in total. The Balaban J connectivity index is 3.13. The Kier molecular flexibility index (Phi) is 2.65. The Bertz CT molecular complexity index is 315. The highest BCUT2D eigenvalue weighted by Crippen LogP contribution is 2.11. The Labute approximate surface area is 71.6 Å². The van der Waals surface area contributed by atoms with E-state index in [4.69, 9.17) is 10.00 Å². The minimum absolute atomic E-state index is 0.561. The van der Waals surface area contributed by atoms with E-state index in [2.05, 4.69) is 11.1 Å². The molecule has 3 heteroatoms. The fraction of sp³-hybridized carbons (Fsp3) is 0.333. The molecule has 0 radical (unpaired) electrons. The number of methoxy groups -OCH3 is 1. The van der Waals surface area contributed by atoms with Crippen molar-refractivity contribution < 1.29 is 4.74 Å². The maximum atomic E-state index is 8.68. The van der Waals surface area contributed by atoms with Crippen molar-refractivity contribution in [2.75, 3.05) is 7.11 Å². The minimum Gasteiger partial charge on any atom is -0.481 e. The van der Waals surface area contributed by atoms with Crippen LogP contribution in [0.25, 0.3) is 0 Å². The van der Waals surface area contributed by atoms with Crippen molar-refractivity contribution >= 4 is 0 Å². The minimum atomic E-state index is 0.561. The van der Waals surface area contributed by atoms with E-state index in [0.29, 0.717) is 11.4 Å². The van der Waals surface area contributed by atoms with Gasteiger partial charge in [0.25, 0.3) is 0 Å². The molecule has 12 heavy (non-hydrogen) atoms. The maximum absolute atomic E-state index is 8.68. The molecule has 0 aliphatic rings. The molecular weight excluding hydrogens is 152 g/mol. The summed E-state index contributed by atoms with van der Waals surface area (Å²) in [6.45, 7) is 1.96. The molecular formula is C9H10N2O. The lowest BCUT2D eigenvalue weighted by Crippen LogP contribution is -1.95. The summed E-state index contributed by atoms with van der Waals surface area (Å²) >= 11 is 0. The van der Waals surface area contributed by atoms with Crippen molar-refractivity contribution in [1.29, 1.82) is 5.26 Å². The molecule has 0 saturated heterocycles. The molecule has 0 aliphatic heterocycles. The number of ether oxygens (including phenoxy) is 1. The molecule has 1 aromatic rings. The third-order valence-corrected chi connectivity index (χ3v) is 1.61. The summed E-state index contributed by atoms with van der Waals surface area (Å²) in [5.41, 5.74) is 1.41. The second-order valence-electron chi connectivity index (χ2n) is 2.31. The second kappa shape index (κ2) is 3.72. The molecule has 0 aromatic carbocycles. The van der Waals surface area contributed by atoms with Crippen LogP contribution in [0.15, 0.2) is 12.1 Å². The molecule has 0 unspecified atom stereocenters. The van der Waals surface area contributed by atoms with Crippen LogP contribution < -0.4 is 4.74 Å². The standard InChI is InChI=1S/C9H10N2O/c1-3-8-7(6-10)4-5-9(11-8)12-2/h4-5H,3H2,1-2H3. The lowest BCUT2D eigenvalue weighted by Gasteiger charge is -2.02. The topological polar surface area (TPSA) is 45.9 Å². The van der Waals surface area contributed by atoms with Gasteiger partial charge in [-0.3, -0.25) is 0 Å². The Hall–Kier alpha value is -1.56. The van der Waals surface area contributed by atoms with Gasteiger partial charge in [0.2, 0.25) is 5.88 Å². The monoisotopic (exact) mass is 162 g/mol. The number of aryl methyl sites for hydroxylation is 1. The average Bonchev–Trinajstić information content (AvgIpc) is 2.16. The fourth-order valence-electron chi connectivity index (χ4n) is 0.966. The number of aromatic nitrogens is 1. The van der Waals surface area contributed by atoms with E-state index in [-0.39, 0.29) is 0 Å². The van der Waals surface area contributed by atoms with Crippen LogP contribution in [-0.2, 0) is 6.42 Å². The predicted octanol–water partition coefficient (Wildman–Crippen LogP) is 1.52. The van der Waals surface area contributed by atoms with Gasteiger partial charge in [-0.25, -0.2) is 4.98 Å². The molecule has 0 saturated carbocycles. The molecule has 62 valence electrons. The molecule has 1 heterocycles. The SMILES string of the molecule is CCc1nc(OC)ccc1C#N. The summed E-state index contributed by atoms with van der Waals surface area (Å²) in [7, 11) is 1.56. The highest BCUT2D eigenvalue weighted by molar-refractivity contribution is 5.35. The van der Waals surface area contributed by atoms with Crippen molar-refractivity contribution in [2.45, 2.75) is 13.3 Å². The van der Waals surface area contributed by atoms with Gasteiger partial charge in [-0.1, -0.05) is 6.92 Å². The molecule has 0 amide bonds. The summed E-state index contributed by atoms with van der Waals surface area (Å²) in [4.78, 5) is 4.14. The quantitative estimate of drug-likeness (QED) is 0.662. The summed E-state index contributed by atoms with van der Waals surface area (Å²) in [5.74, 6) is 0.561. The van der Waals surface area contributed by atoms with E-state index >= 15 is 0 Å². The van der Waals surface area contributed by atoms with Crippen LogP contribution >= 0.6 is 0 Å². The number of hydrogen-bond donors (Lipinski definition) is 0. The number of rotatable bonds is 2. The van der Waals surface area contributed by atoms with E-state index in [1.54, 1.807) is 19.2 Å². The largest absolute Gasteiger partial charge is 0.481 e. The molecule has 0 fully saturated rings. The van der Waals surface area contributed by atoms with E-state index in [0.717, 1.165) is 12.1 Å².